The highest BCUT2D eigenvalue weighted by molar-refractivity contribution is 6.22. The van der Waals surface area contributed by atoms with Gasteiger partial charge in [-0.15, -0.1) is 0 Å². The molecule has 0 bridgehead atoms. The van der Waals surface area contributed by atoms with Crippen molar-refractivity contribution >= 4 is 11.7 Å². The SMILES string of the molecule is CCOC(=O)C1=CCC(O)N=C1C(F)(F)F. The molecule has 0 radical (unpaired) electrons. The molecule has 16 heavy (non-hydrogen) atoms. The summed E-state index contributed by atoms with van der Waals surface area (Å²) in [6.07, 6.45) is -5.39. The number of rotatable bonds is 2. The average molecular weight is 237 g/mol. The van der Waals surface area contributed by atoms with Crippen molar-refractivity contribution in [3.05, 3.63) is 11.6 Å². The minimum Gasteiger partial charge on any atom is -0.462 e. The van der Waals surface area contributed by atoms with Crippen LogP contribution in [0.2, 0.25) is 0 Å². The summed E-state index contributed by atoms with van der Waals surface area (Å²) in [5, 5.41) is 8.99. The molecule has 0 saturated carbocycles. The Labute approximate surface area is 89.4 Å². The highest BCUT2D eigenvalue weighted by Crippen LogP contribution is 2.27. The number of aliphatic imine (C=N–C) groups is 1. The number of aliphatic hydroxyl groups excluding tert-OH is 1. The summed E-state index contributed by atoms with van der Waals surface area (Å²) in [5.74, 6) is -1.08. The second kappa shape index (κ2) is 4.65. The third kappa shape index (κ3) is 2.82. The smallest absolute Gasteiger partial charge is 0.433 e. The molecule has 0 spiro atoms. The highest BCUT2D eigenvalue weighted by atomic mass is 19.4. The maximum atomic E-state index is 12.5. The van der Waals surface area contributed by atoms with E-state index >= 15 is 0 Å². The Morgan fingerprint density at radius 2 is 2.31 bits per heavy atom. The standard InChI is InChI=1S/C9H10F3NO3/c1-2-16-8(15)5-3-4-6(14)13-7(5)9(10,11)12/h3,6,14H,2,4H2,1H3. The van der Waals surface area contributed by atoms with E-state index in [1.54, 1.807) is 0 Å². The van der Waals surface area contributed by atoms with Gasteiger partial charge in [0.1, 0.15) is 6.23 Å². The maximum Gasteiger partial charge on any atom is 0.433 e. The summed E-state index contributed by atoms with van der Waals surface area (Å²) in [7, 11) is 0. The summed E-state index contributed by atoms with van der Waals surface area (Å²) < 4.78 is 41.9. The number of aliphatic hydroxyl groups is 1. The van der Waals surface area contributed by atoms with Gasteiger partial charge in [0.05, 0.1) is 12.2 Å². The molecule has 90 valence electrons. The van der Waals surface area contributed by atoms with E-state index in [1.807, 2.05) is 0 Å². The zero-order valence-corrected chi connectivity index (χ0v) is 8.41. The third-order valence-electron chi connectivity index (χ3n) is 1.83. The molecule has 1 N–H and O–H groups in total. The van der Waals surface area contributed by atoms with Crippen molar-refractivity contribution in [2.75, 3.05) is 6.61 Å². The lowest BCUT2D eigenvalue weighted by Gasteiger charge is -2.18. The van der Waals surface area contributed by atoms with Crippen LogP contribution in [0.5, 0.6) is 0 Å². The first-order chi connectivity index (χ1) is 7.36. The molecule has 7 heteroatoms. The number of halogens is 3. The van der Waals surface area contributed by atoms with Gasteiger partial charge in [-0.05, 0) is 6.92 Å². The van der Waals surface area contributed by atoms with Crippen molar-refractivity contribution in [3.8, 4) is 0 Å². The average Bonchev–Trinajstić information content (AvgIpc) is 2.16. The molecule has 1 aliphatic heterocycles. The van der Waals surface area contributed by atoms with E-state index in [2.05, 4.69) is 9.73 Å². The predicted molar refractivity (Wildman–Crippen MR) is 48.8 cm³/mol. The van der Waals surface area contributed by atoms with Crippen LogP contribution in [-0.4, -0.2) is 35.8 Å². The van der Waals surface area contributed by atoms with Gasteiger partial charge in [0, 0.05) is 6.42 Å². The lowest BCUT2D eigenvalue weighted by Crippen LogP contribution is -2.33. The summed E-state index contributed by atoms with van der Waals surface area (Å²) in [6, 6.07) is 0. The molecule has 0 saturated heterocycles. The van der Waals surface area contributed by atoms with Crippen molar-refractivity contribution < 1.29 is 27.8 Å². The number of esters is 1. The van der Waals surface area contributed by atoms with Crippen LogP contribution >= 0.6 is 0 Å². The van der Waals surface area contributed by atoms with Gasteiger partial charge >= 0.3 is 12.1 Å². The number of hydrogen-bond acceptors (Lipinski definition) is 4. The first-order valence-electron chi connectivity index (χ1n) is 4.57. The Balaban J connectivity index is 3.00. The van der Waals surface area contributed by atoms with E-state index < -0.39 is 29.7 Å². The molecule has 1 heterocycles. The van der Waals surface area contributed by atoms with E-state index in [9.17, 15) is 18.0 Å². The molecular weight excluding hydrogens is 227 g/mol. The Morgan fingerprint density at radius 3 is 2.81 bits per heavy atom. The normalized spacial score (nSPS) is 21.2. The Kier molecular flexibility index (Phi) is 3.69. The predicted octanol–water partition coefficient (Wildman–Crippen LogP) is 1.20. The van der Waals surface area contributed by atoms with Gasteiger partial charge in [0.15, 0.2) is 5.71 Å². The molecule has 0 fully saturated rings. The molecule has 1 rings (SSSR count). The molecule has 0 aromatic carbocycles. The molecule has 1 aliphatic rings. The fourth-order valence-corrected chi connectivity index (χ4v) is 1.21. The molecule has 0 aliphatic carbocycles. The van der Waals surface area contributed by atoms with Gasteiger partial charge in [-0.25, -0.2) is 9.79 Å². The van der Waals surface area contributed by atoms with E-state index in [1.165, 1.54) is 6.92 Å². The van der Waals surface area contributed by atoms with Crippen molar-refractivity contribution in [2.45, 2.75) is 25.7 Å². The summed E-state index contributed by atoms with van der Waals surface area (Å²) in [5.41, 5.74) is -2.02. The molecule has 0 aromatic rings. The molecule has 1 atom stereocenters. The third-order valence-corrected chi connectivity index (χ3v) is 1.83. The van der Waals surface area contributed by atoms with Crippen LogP contribution in [0.4, 0.5) is 13.2 Å². The van der Waals surface area contributed by atoms with Crippen LogP contribution in [-0.2, 0) is 9.53 Å². The number of nitrogens with zero attached hydrogens (tertiary/aromatic N) is 1. The van der Waals surface area contributed by atoms with Crippen molar-refractivity contribution in [1.82, 2.24) is 0 Å². The number of hydrogen-bond donors (Lipinski definition) is 1. The number of carbonyl (C=O) groups is 1. The number of dihydropyridines is 1. The first kappa shape index (κ1) is 12.7. The molecular formula is C9H10F3NO3. The Bertz CT molecular complexity index is 346. The molecule has 4 nitrogen and oxygen atoms in total. The first-order valence-corrected chi connectivity index (χ1v) is 4.57. The monoisotopic (exact) mass is 237 g/mol. The van der Waals surface area contributed by atoms with Crippen LogP contribution in [0.15, 0.2) is 16.6 Å². The minimum atomic E-state index is -4.78. The second-order valence-corrected chi connectivity index (χ2v) is 3.03. The van der Waals surface area contributed by atoms with Crippen LogP contribution < -0.4 is 0 Å². The molecule has 1 unspecified atom stereocenters. The zero-order chi connectivity index (χ0) is 12.3. The van der Waals surface area contributed by atoms with Crippen LogP contribution in [0.25, 0.3) is 0 Å². The summed E-state index contributed by atoms with van der Waals surface area (Å²) in [4.78, 5) is 14.2. The number of carbonyl (C=O) groups excluding carboxylic acids is 1. The lowest BCUT2D eigenvalue weighted by atomic mass is 10.1. The van der Waals surface area contributed by atoms with Gasteiger partial charge in [-0.3, -0.25) is 0 Å². The fourth-order valence-electron chi connectivity index (χ4n) is 1.21. The van der Waals surface area contributed by atoms with Gasteiger partial charge in [0.2, 0.25) is 0 Å². The minimum absolute atomic E-state index is 0.0239. The van der Waals surface area contributed by atoms with E-state index in [4.69, 9.17) is 5.11 Å². The summed E-state index contributed by atoms with van der Waals surface area (Å²) >= 11 is 0. The fraction of sp³-hybridized carbons (Fsp3) is 0.556. The number of alkyl halides is 3. The maximum absolute atomic E-state index is 12.5. The van der Waals surface area contributed by atoms with Crippen LogP contribution in [0.1, 0.15) is 13.3 Å². The highest BCUT2D eigenvalue weighted by Gasteiger charge is 2.42. The lowest BCUT2D eigenvalue weighted by molar-refractivity contribution is -0.138. The van der Waals surface area contributed by atoms with Crippen molar-refractivity contribution in [3.63, 3.8) is 0 Å². The topological polar surface area (TPSA) is 58.9 Å². The Hall–Kier alpha value is -1.37. The van der Waals surface area contributed by atoms with Crippen molar-refractivity contribution in [1.29, 1.82) is 0 Å². The van der Waals surface area contributed by atoms with Gasteiger partial charge in [0.25, 0.3) is 0 Å². The van der Waals surface area contributed by atoms with Gasteiger partial charge in [-0.1, -0.05) is 6.08 Å². The van der Waals surface area contributed by atoms with Gasteiger partial charge < -0.3 is 9.84 Å². The second-order valence-electron chi connectivity index (χ2n) is 3.03. The Morgan fingerprint density at radius 1 is 1.69 bits per heavy atom. The largest absolute Gasteiger partial charge is 0.462 e. The summed E-state index contributed by atoms with van der Waals surface area (Å²) in [6.45, 7) is 1.46. The van der Waals surface area contributed by atoms with Gasteiger partial charge in [-0.2, -0.15) is 13.2 Å². The number of ether oxygens (including phenoxy) is 1. The van der Waals surface area contributed by atoms with Crippen LogP contribution in [0.3, 0.4) is 0 Å². The molecule has 0 amide bonds. The van der Waals surface area contributed by atoms with E-state index in [0.717, 1.165) is 6.08 Å². The molecule has 0 aromatic heterocycles. The van der Waals surface area contributed by atoms with E-state index in [-0.39, 0.29) is 13.0 Å². The zero-order valence-electron chi connectivity index (χ0n) is 8.41. The quantitative estimate of drug-likeness (QED) is 0.734. The van der Waals surface area contributed by atoms with Crippen LogP contribution in [0, 0.1) is 0 Å². The van der Waals surface area contributed by atoms with Crippen molar-refractivity contribution in [2.24, 2.45) is 4.99 Å². The van der Waals surface area contributed by atoms with E-state index in [0.29, 0.717) is 0 Å².